The Morgan fingerprint density at radius 1 is 0.909 bits per heavy atom. The van der Waals surface area contributed by atoms with Crippen molar-refractivity contribution in [3.63, 3.8) is 0 Å². The van der Waals surface area contributed by atoms with Crippen LogP contribution >= 0.6 is 0 Å². The SMILES string of the molecule is O=c1c(-c2ccc(-c3ccncc3)cc2F)cc2cnc(Nc3ccc(C4CCNCC4)cc3)nc2n1CC1CCOCC1. The van der Waals surface area contributed by atoms with Crippen molar-refractivity contribution in [2.75, 3.05) is 31.6 Å². The van der Waals surface area contributed by atoms with Gasteiger partial charge in [0.05, 0.1) is 5.56 Å². The summed E-state index contributed by atoms with van der Waals surface area (Å²) in [7, 11) is 0. The maximum Gasteiger partial charge on any atom is 0.260 e. The van der Waals surface area contributed by atoms with E-state index in [4.69, 9.17) is 9.72 Å². The van der Waals surface area contributed by atoms with Gasteiger partial charge in [0.2, 0.25) is 5.95 Å². The van der Waals surface area contributed by atoms with Crippen LogP contribution in [0.1, 0.15) is 37.2 Å². The van der Waals surface area contributed by atoms with E-state index >= 15 is 4.39 Å². The Bertz CT molecular complexity index is 1810. The maximum atomic E-state index is 15.6. The van der Waals surface area contributed by atoms with Crippen LogP contribution in [0.2, 0.25) is 0 Å². The van der Waals surface area contributed by atoms with Crippen LogP contribution in [-0.4, -0.2) is 45.8 Å². The zero-order chi connectivity index (χ0) is 29.9. The second-order valence-electron chi connectivity index (χ2n) is 11.7. The van der Waals surface area contributed by atoms with E-state index in [0.717, 1.165) is 55.6 Å². The molecule has 0 atom stereocenters. The van der Waals surface area contributed by atoms with Crippen LogP contribution in [0.15, 0.2) is 84.0 Å². The number of benzene rings is 2. The number of pyridine rings is 2. The van der Waals surface area contributed by atoms with Gasteiger partial charge in [-0.1, -0.05) is 24.3 Å². The predicted molar refractivity (Wildman–Crippen MR) is 171 cm³/mol. The summed E-state index contributed by atoms with van der Waals surface area (Å²) in [5, 5.41) is 7.42. The number of halogens is 1. The summed E-state index contributed by atoms with van der Waals surface area (Å²) in [4.78, 5) is 27.5. The third kappa shape index (κ3) is 5.98. The third-order valence-electron chi connectivity index (χ3n) is 8.86. The topological polar surface area (TPSA) is 94.0 Å². The summed E-state index contributed by atoms with van der Waals surface area (Å²) in [6.45, 7) is 3.91. The van der Waals surface area contributed by atoms with Gasteiger partial charge in [0, 0.05) is 55.0 Å². The minimum absolute atomic E-state index is 0.256. The van der Waals surface area contributed by atoms with Crippen LogP contribution in [-0.2, 0) is 11.3 Å². The molecule has 2 aromatic carbocycles. The first-order valence-corrected chi connectivity index (χ1v) is 15.4. The molecule has 2 fully saturated rings. The van der Waals surface area contributed by atoms with Crippen LogP contribution in [0.4, 0.5) is 16.0 Å². The van der Waals surface area contributed by atoms with E-state index in [-0.39, 0.29) is 17.0 Å². The Morgan fingerprint density at radius 3 is 2.43 bits per heavy atom. The number of hydrogen-bond donors (Lipinski definition) is 2. The number of hydrogen-bond acceptors (Lipinski definition) is 7. The summed E-state index contributed by atoms with van der Waals surface area (Å²) in [6.07, 6.45) is 9.05. The molecule has 0 unspecified atom stereocenters. The minimum Gasteiger partial charge on any atom is -0.381 e. The molecule has 7 rings (SSSR count). The molecule has 0 aliphatic carbocycles. The highest BCUT2D eigenvalue weighted by Crippen LogP contribution is 2.30. The Morgan fingerprint density at radius 2 is 1.68 bits per heavy atom. The van der Waals surface area contributed by atoms with Gasteiger partial charge in [0.1, 0.15) is 11.5 Å². The van der Waals surface area contributed by atoms with Gasteiger partial charge in [0.25, 0.3) is 5.56 Å². The molecular formula is C35H35FN6O2. The lowest BCUT2D eigenvalue weighted by Gasteiger charge is -2.24. The van der Waals surface area contributed by atoms with Crippen molar-refractivity contribution < 1.29 is 9.13 Å². The van der Waals surface area contributed by atoms with Crippen LogP contribution in [0, 0.1) is 11.7 Å². The van der Waals surface area contributed by atoms with Crippen molar-refractivity contribution in [1.29, 1.82) is 0 Å². The standard InChI is InChI=1S/C35H35FN6O2/c36-32-20-27(26-9-15-38-16-10-26)3-6-30(32)31-19-28-21-39-35(40-29-4-1-24(2-5-29)25-7-13-37-14-8-25)41-33(28)42(34(31)43)22-23-11-17-44-18-12-23/h1-6,9-10,15-16,19-21,23,25,37H,7-8,11-14,17-18,22H2,(H,39,40,41). The maximum absolute atomic E-state index is 15.6. The van der Waals surface area contributed by atoms with Crippen molar-refractivity contribution in [3.8, 4) is 22.3 Å². The van der Waals surface area contributed by atoms with E-state index in [0.29, 0.717) is 48.2 Å². The monoisotopic (exact) mass is 590 g/mol. The van der Waals surface area contributed by atoms with Gasteiger partial charge < -0.3 is 15.4 Å². The average molecular weight is 591 g/mol. The van der Waals surface area contributed by atoms with Crippen molar-refractivity contribution >= 4 is 22.7 Å². The highest BCUT2D eigenvalue weighted by molar-refractivity contribution is 5.82. The molecular weight excluding hydrogens is 555 g/mol. The highest BCUT2D eigenvalue weighted by atomic mass is 19.1. The molecule has 2 N–H and O–H groups in total. The molecule has 8 nitrogen and oxygen atoms in total. The van der Waals surface area contributed by atoms with Crippen LogP contribution < -0.4 is 16.2 Å². The first-order valence-electron chi connectivity index (χ1n) is 15.4. The lowest BCUT2D eigenvalue weighted by Crippen LogP contribution is -2.29. The molecule has 2 saturated heterocycles. The lowest BCUT2D eigenvalue weighted by atomic mass is 9.90. The summed E-state index contributed by atoms with van der Waals surface area (Å²) in [5.74, 6) is 0.786. The molecule has 2 aliphatic heterocycles. The van der Waals surface area contributed by atoms with Gasteiger partial charge in [-0.25, -0.2) is 9.37 Å². The van der Waals surface area contributed by atoms with Gasteiger partial charge in [-0.3, -0.25) is 14.3 Å². The molecule has 5 heterocycles. The fourth-order valence-corrected chi connectivity index (χ4v) is 6.35. The Labute approximate surface area is 255 Å². The molecule has 224 valence electrons. The molecule has 0 saturated carbocycles. The second kappa shape index (κ2) is 12.6. The van der Waals surface area contributed by atoms with Crippen LogP contribution in [0.25, 0.3) is 33.3 Å². The Hall–Kier alpha value is -4.47. The van der Waals surface area contributed by atoms with Crippen molar-refractivity contribution in [1.82, 2.24) is 24.8 Å². The molecule has 0 amide bonds. The number of aromatic nitrogens is 4. The zero-order valence-corrected chi connectivity index (χ0v) is 24.5. The van der Waals surface area contributed by atoms with E-state index < -0.39 is 5.82 Å². The van der Waals surface area contributed by atoms with E-state index in [1.165, 1.54) is 11.6 Å². The third-order valence-corrected chi connectivity index (χ3v) is 8.86. The first kappa shape index (κ1) is 28.3. The first-order chi connectivity index (χ1) is 21.6. The summed E-state index contributed by atoms with van der Waals surface area (Å²) in [6, 6.07) is 18.8. The quantitative estimate of drug-likeness (QED) is 0.230. The molecule has 0 radical (unpaired) electrons. The number of fused-ring (bicyclic) bond motifs is 1. The van der Waals surface area contributed by atoms with E-state index in [2.05, 4.69) is 44.9 Å². The number of nitrogens with one attached hydrogen (secondary N) is 2. The van der Waals surface area contributed by atoms with Crippen molar-refractivity contribution in [2.45, 2.75) is 38.1 Å². The minimum atomic E-state index is -0.458. The lowest BCUT2D eigenvalue weighted by molar-refractivity contribution is 0.0613. The molecule has 3 aromatic heterocycles. The zero-order valence-electron chi connectivity index (χ0n) is 24.5. The molecule has 0 bridgehead atoms. The van der Waals surface area contributed by atoms with E-state index in [9.17, 15) is 4.79 Å². The molecule has 5 aromatic rings. The largest absolute Gasteiger partial charge is 0.381 e. The van der Waals surface area contributed by atoms with E-state index in [1.807, 2.05) is 18.2 Å². The summed E-state index contributed by atoms with van der Waals surface area (Å²) in [5.41, 5.74) is 4.62. The smallest absolute Gasteiger partial charge is 0.260 e. The van der Waals surface area contributed by atoms with Gasteiger partial charge >= 0.3 is 0 Å². The van der Waals surface area contributed by atoms with Gasteiger partial charge in [-0.15, -0.1) is 0 Å². The number of ether oxygens (including phenoxy) is 1. The van der Waals surface area contributed by atoms with Gasteiger partial charge in [0.15, 0.2) is 0 Å². The molecule has 44 heavy (non-hydrogen) atoms. The number of piperidine rings is 1. The summed E-state index contributed by atoms with van der Waals surface area (Å²) >= 11 is 0. The Balaban J connectivity index is 1.24. The number of anilines is 2. The van der Waals surface area contributed by atoms with Crippen LogP contribution in [0.3, 0.4) is 0 Å². The van der Waals surface area contributed by atoms with E-state index in [1.54, 1.807) is 35.3 Å². The Kier molecular flexibility index (Phi) is 8.13. The molecule has 9 heteroatoms. The van der Waals surface area contributed by atoms with Crippen LogP contribution in [0.5, 0.6) is 0 Å². The predicted octanol–water partition coefficient (Wildman–Crippen LogP) is 6.30. The van der Waals surface area contributed by atoms with Crippen molar-refractivity contribution in [2.24, 2.45) is 5.92 Å². The fraction of sp³-hybridized carbons (Fsp3) is 0.314. The number of nitrogens with zero attached hydrogens (tertiary/aromatic N) is 4. The van der Waals surface area contributed by atoms with Gasteiger partial charge in [-0.2, -0.15) is 4.98 Å². The summed E-state index contributed by atoms with van der Waals surface area (Å²) < 4.78 is 22.9. The van der Waals surface area contributed by atoms with Crippen molar-refractivity contribution in [3.05, 3.63) is 101 Å². The van der Waals surface area contributed by atoms with Gasteiger partial charge in [-0.05, 0) is 104 Å². The fourth-order valence-electron chi connectivity index (χ4n) is 6.35. The molecule has 0 spiro atoms. The second-order valence-corrected chi connectivity index (χ2v) is 11.7. The average Bonchev–Trinajstić information content (AvgIpc) is 3.08. The molecule has 2 aliphatic rings. The highest BCUT2D eigenvalue weighted by Gasteiger charge is 2.21. The number of rotatable bonds is 7. The normalized spacial score (nSPS) is 16.3.